The molecule has 0 saturated carbocycles. The molecule has 2 aromatic rings. The number of hydrogen-bond acceptors (Lipinski definition) is 2. The van der Waals surface area contributed by atoms with Crippen molar-refractivity contribution in [3.05, 3.63) is 62.3 Å². The normalized spacial score (nSPS) is 10.5. The molecule has 0 saturated heterocycles. The van der Waals surface area contributed by atoms with Crippen LogP contribution in [-0.4, -0.2) is 12.4 Å². The molecule has 0 aliphatic carbocycles. The molecule has 0 radical (unpaired) electrons. The fourth-order valence-corrected chi connectivity index (χ4v) is 2.74. The van der Waals surface area contributed by atoms with Crippen LogP contribution in [-0.2, 0) is 0 Å². The fourth-order valence-electron chi connectivity index (χ4n) is 1.81. The lowest BCUT2D eigenvalue weighted by atomic mass is 10.0. The maximum absolute atomic E-state index is 13.5. The molecule has 2 nitrogen and oxygen atoms in total. The quantitative estimate of drug-likeness (QED) is 0.613. The Labute approximate surface area is 139 Å². The predicted octanol–water partition coefficient (Wildman–Crippen LogP) is 5.37. The van der Waals surface area contributed by atoms with E-state index in [2.05, 4.69) is 31.9 Å². The SMILES string of the molecule is CCCOc1ccc(C(=O)c2cccc(F)c2Br)cc1Br. The molecule has 0 aliphatic rings. The minimum Gasteiger partial charge on any atom is -0.492 e. The number of rotatable bonds is 5. The molecule has 110 valence electrons. The number of ether oxygens (including phenoxy) is 1. The molecule has 0 heterocycles. The zero-order valence-electron chi connectivity index (χ0n) is 11.3. The van der Waals surface area contributed by atoms with E-state index in [-0.39, 0.29) is 10.3 Å². The van der Waals surface area contributed by atoms with Crippen molar-refractivity contribution in [2.45, 2.75) is 13.3 Å². The highest BCUT2D eigenvalue weighted by atomic mass is 79.9. The third-order valence-electron chi connectivity index (χ3n) is 2.85. The first-order chi connectivity index (χ1) is 10.0. The smallest absolute Gasteiger partial charge is 0.194 e. The maximum atomic E-state index is 13.5. The minimum absolute atomic E-state index is 0.178. The standard InChI is InChI=1S/C16H13Br2FO2/c1-2-8-21-14-7-6-10(9-12(14)17)16(20)11-4-3-5-13(19)15(11)18/h3-7,9H,2,8H2,1H3. The van der Waals surface area contributed by atoms with Gasteiger partial charge in [0.15, 0.2) is 5.78 Å². The lowest BCUT2D eigenvalue weighted by Crippen LogP contribution is -2.04. The first kappa shape index (κ1) is 16.2. The van der Waals surface area contributed by atoms with Gasteiger partial charge < -0.3 is 4.74 Å². The molecule has 0 aliphatic heterocycles. The molecular weight excluding hydrogens is 403 g/mol. The number of carbonyl (C=O) groups is 1. The Hall–Kier alpha value is -1.20. The van der Waals surface area contributed by atoms with Gasteiger partial charge in [-0.15, -0.1) is 0 Å². The first-order valence-corrected chi connectivity index (χ1v) is 8.04. The van der Waals surface area contributed by atoms with E-state index in [1.807, 2.05) is 6.92 Å². The largest absolute Gasteiger partial charge is 0.492 e. The van der Waals surface area contributed by atoms with Crippen LogP contribution in [0.5, 0.6) is 5.75 Å². The van der Waals surface area contributed by atoms with Crippen LogP contribution < -0.4 is 4.74 Å². The lowest BCUT2D eigenvalue weighted by molar-refractivity contribution is 0.103. The summed E-state index contributed by atoms with van der Waals surface area (Å²) in [7, 11) is 0. The summed E-state index contributed by atoms with van der Waals surface area (Å²) in [6.45, 7) is 2.63. The van der Waals surface area contributed by atoms with E-state index >= 15 is 0 Å². The Bertz CT molecular complexity index is 671. The molecular formula is C16H13Br2FO2. The van der Waals surface area contributed by atoms with Crippen LogP contribution >= 0.6 is 31.9 Å². The van der Waals surface area contributed by atoms with Crippen molar-refractivity contribution >= 4 is 37.6 Å². The van der Waals surface area contributed by atoms with Gasteiger partial charge in [0.25, 0.3) is 0 Å². The summed E-state index contributed by atoms with van der Waals surface area (Å²) >= 11 is 6.50. The molecule has 21 heavy (non-hydrogen) atoms. The van der Waals surface area contributed by atoms with E-state index < -0.39 is 5.82 Å². The first-order valence-electron chi connectivity index (χ1n) is 6.45. The number of benzene rings is 2. The minimum atomic E-state index is -0.456. The van der Waals surface area contributed by atoms with Gasteiger partial charge in [0.1, 0.15) is 11.6 Å². The summed E-state index contributed by atoms with van der Waals surface area (Å²) in [5, 5.41) is 0. The summed E-state index contributed by atoms with van der Waals surface area (Å²) in [6, 6.07) is 9.50. The summed E-state index contributed by atoms with van der Waals surface area (Å²) in [5.74, 6) is -0.0151. The van der Waals surface area contributed by atoms with Gasteiger partial charge in [-0.2, -0.15) is 0 Å². The van der Waals surface area contributed by atoms with E-state index in [9.17, 15) is 9.18 Å². The second-order valence-corrected chi connectivity index (χ2v) is 6.07. The van der Waals surface area contributed by atoms with Crippen LogP contribution in [0.1, 0.15) is 29.3 Å². The second-order valence-electron chi connectivity index (χ2n) is 4.42. The molecule has 0 unspecified atom stereocenters. The topological polar surface area (TPSA) is 26.3 Å². The number of halogens is 3. The maximum Gasteiger partial charge on any atom is 0.194 e. The summed E-state index contributed by atoms with van der Waals surface area (Å²) in [6.07, 6.45) is 0.906. The van der Waals surface area contributed by atoms with E-state index in [0.29, 0.717) is 28.0 Å². The average molecular weight is 416 g/mol. The van der Waals surface area contributed by atoms with Crippen LogP contribution in [0.25, 0.3) is 0 Å². The van der Waals surface area contributed by atoms with Crippen molar-refractivity contribution < 1.29 is 13.9 Å². The molecule has 0 aromatic heterocycles. The van der Waals surface area contributed by atoms with Crippen LogP contribution in [0.4, 0.5) is 4.39 Å². The van der Waals surface area contributed by atoms with Gasteiger partial charge >= 0.3 is 0 Å². The highest BCUT2D eigenvalue weighted by molar-refractivity contribution is 9.10. The molecule has 2 rings (SSSR count). The molecule has 2 aromatic carbocycles. The fraction of sp³-hybridized carbons (Fsp3) is 0.188. The Kier molecular flexibility index (Phi) is 5.53. The van der Waals surface area contributed by atoms with Gasteiger partial charge in [0.05, 0.1) is 15.6 Å². The molecule has 0 spiro atoms. The van der Waals surface area contributed by atoms with Gasteiger partial charge in [0, 0.05) is 11.1 Å². The molecule has 0 N–H and O–H groups in total. The number of ketones is 1. The van der Waals surface area contributed by atoms with E-state index in [1.54, 1.807) is 24.3 Å². The highest BCUT2D eigenvalue weighted by Gasteiger charge is 2.16. The molecule has 5 heteroatoms. The van der Waals surface area contributed by atoms with Crippen molar-refractivity contribution in [2.75, 3.05) is 6.61 Å². The van der Waals surface area contributed by atoms with Gasteiger partial charge in [-0.3, -0.25) is 4.79 Å². The predicted molar refractivity (Wildman–Crippen MR) is 87.5 cm³/mol. The van der Waals surface area contributed by atoms with E-state index in [0.717, 1.165) is 6.42 Å². The van der Waals surface area contributed by atoms with Crippen molar-refractivity contribution in [2.24, 2.45) is 0 Å². The second kappa shape index (κ2) is 7.18. The third kappa shape index (κ3) is 3.71. The molecule has 0 fully saturated rings. The zero-order chi connectivity index (χ0) is 15.4. The average Bonchev–Trinajstić information content (AvgIpc) is 2.48. The molecule has 0 amide bonds. The Morgan fingerprint density at radius 1 is 1.24 bits per heavy atom. The van der Waals surface area contributed by atoms with Gasteiger partial charge in [-0.25, -0.2) is 4.39 Å². The van der Waals surface area contributed by atoms with Crippen LogP contribution in [0.15, 0.2) is 45.3 Å². The zero-order valence-corrected chi connectivity index (χ0v) is 14.5. The summed E-state index contributed by atoms with van der Waals surface area (Å²) < 4.78 is 19.9. The van der Waals surface area contributed by atoms with E-state index in [4.69, 9.17) is 4.74 Å². The molecule has 0 bridgehead atoms. The Morgan fingerprint density at radius 3 is 2.67 bits per heavy atom. The van der Waals surface area contributed by atoms with Crippen LogP contribution in [0.2, 0.25) is 0 Å². The van der Waals surface area contributed by atoms with E-state index in [1.165, 1.54) is 12.1 Å². The number of hydrogen-bond donors (Lipinski definition) is 0. The van der Waals surface area contributed by atoms with Crippen molar-refractivity contribution in [3.63, 3.8) is 0 Å². The Morgan fingerprint density at radius 2 is 2.00 bits per heavy atom. The summed E-state index contributed by atoms with van der Waals surface area (Å²) in [4.78, 5) is 12.4. The monoisotopic (exact) mass is 414 g/mol. The highest BCUT2D eigenvalue weighted by Crippen LogP contribution is 2.29. The number of carbonyl (C=O) groups excluding carboxylic acids is 1. The van der Waals surface area contributed by atoms with Crippen LogP contribution in [0.3, 0.4) is 0 Å². The van der Waals surface area contributed by atoms with Crippen LogP contribution in [0, 0.1) is 5.82 Å². The lowest BCUT2D eigenvalue weighted by Gasteiger charge is -2.09. The molecule has 0 atom stereocenters. The third-order valence-corrected chi connectivity index (χ3v) is 4.28. The van der Waals surface area contributed by atoms with Crippen molar-refractivity contribution in [1.82, 2.24) is 0 Å². The van der Waals surface area contributed by atoms with Crippen molar-refractivity contribution in [1.29, 1.82) is 0 Å². The summed E-state index contributed by atoms with van der Waals surface area (Å²) in [5.41, 5.74) is 0.765. The Balaban J connectivity index is 2.32. The van der Waals surface area contributed by atoms with Gasteiger partial charge in [0.2, 0.25) is 0 Å². The van der Waals surface area contributed by atoms with Gasteiger partial charge in [-0.05, 0) is 68.6 Å². The van der Waals surface area contributed by atoms with Crippen molar-refractivity contribution in [3.8, 4) is 5.75 Å². The van der Waals surface area contributed by atoms with Gasteiger partial charge in [-0.1, -0.05) is 13.0 Å².